The van der Waals surface area contributed by atoms with Gasteiger partial charge in [-0.1, -0.05) is 25.8 Å². The second-order valence-electron chi connectivity index (χ2n) is 2.88. The van der Waals surface area contributed by atoms with Crippen LogP contribution in [-0.2, 0) is 4.79 Å². The average Bonchev–Trinajstić information content (AvgIpc) is 2.18. The van der Waals surface area contributed by atoms with Gasteiger partial charge in [0.25, 0.3) is 0 Å². The van der Waals surface area contributed by atoms with Crippen molar-refractivity contribution in [1.82, 2.24) is 0 Å². The van der Waals surface area contributed by atoms with Crippen molar-refractivity contribution in [3.63, 3.8) is 0 Å². The molecule has 3 heteroatoms. The molecule has 0 spiro atoms. The van der Waals surface area contributed by atoms with Crippen molar-refractivity contribution < 1.29 is 4.79 Å². The predicted octanol–water partition coefficient (Wildman–Crippen LogP) is 3.66. The van der Waals surface area contributed by atoms with Crippen LogP contribution in [0, 0.1) is 0 Å². The van der Waals surface area contributed by atoms with Gasteiger partial charge < -0.3 is 0 Å². The number of carbonyl (C=O) groups excluding carboxylic acids is 1. The summed E-state index contributed by atoms with van der Waals surface area (Å²) in [6.07, 6.45) is 7.62. The lowest BCUT2D eigenvalue weighted by Gasteiger charge is -1.96. The molecule has 0 aliphatic carbocycles. The Balaban J connectivity index is 3.78. The number of rotatable bonds is 8. The summed E-state index contributed by atoms with van der Waals surface area (Å²) >= 11 is 1.70. The first kappa shape index (κ1) is 13.2. The summed E-state index contributed by atoms with van der Waals surface area (Å²) in [5, 5.41) is 1.92. The Labute approximate surface area is 90.2 Å². The van der Waals surface area contributed by atoms with E-state index < -0.39 is 0 Å². The Hall–Kier alpha value is -0.790. The summed E-state index contributed by atoms with van der Waals surface area (Å²) in [4.78, 5) is 13.6. The lowest BCUT2D eigenvalue weighted by Crippen LogP contribution is -1.78. The van der Waals surface area contributed by atoms with Crippen LogP contribution < -0.4 is 0 Å². The highest BCUT2D eigenvalue weighted by Crippen LogP contribution is 2.13. The number of isocyanates is 1. The van der Waals surface area contributed by atoms with Crippen molar-refractivity contribution in [2.75, 3.05) is 5.75 Å². The van der Waals surface area contributed by atoms with Gasteiger partial charge in [0.05, 0.1) is 5.70 Å². The van der Waals surface area contributed by atoms with Crippen molar-refractivity contribution in [2.45, 2.75) is 32.6 Å². The zero-order valence-corrected chi connectivity index (χ0v) is 9.48. The number of aliphatic imine (C=N–C) groups is 1. The fourth-order valence-electron chi connectivity index (χ4n) is 0.917. The Bertz CT molecular complexity index is 229. The lowest BCUT2D eigenvalue weighted by atomic mass is 10.3. The second-order valence-corrected chi connectivity index (χ2v) is 3.86. The van der Waals surface area contributed by atoms with E-state index in [-0.39, 0.29) is 0 Å². The van der Waals surface area contributed by atoms with Gasteiger partial charge in [-0.25, -0.2) is 4.79 Å². The smallest absolute Gasteiger partial charge is 0.211 e. The van der Waals surface area contributed by atoms with Crippen LogP contribution >= 0.6 is 11.8 Å². The molecule has 0 fully saturated rings. The maximum atomic E-state index is 10.0. The van der Waals surface area contributed by atoms with E-state index in [4.69, 9.17) is 0 Å². The summed E-state index contributed by atoms with van der Waals surface area (Å²) in [6.45, 7) is 5.78. The van der Waals surface area contributed by atoms with Gasteiger partial charge in [0.1, 0.15) is 0 Å². The van der Waals surface area contributed by atoms with Crippen LogP contribution in [0.1, 0.15) is 32.6 Å². The van der Waals surface area contributed by atoms with Gasteiger partial charge in [-0.05, 0) is 17.6 Å². The molecule has 0 unspecified atom stereocenters. The van der Waals surface area contributed by atoms with Crippen molar-refractivity contribution in [1.29, 1.82) is 0 Å². The van der Waals surface area contributed by atoms with E-state index in [0.717, 1.165) is 11.4 Å². The topological polar surface area (TPSA) is 29.4 Å². The quantitative estimate of drug-likeness (QED) is 0.265. The van der Waals surface area contributed by atoms with Crippen molar-refractivity contribution in [3.8, 4) is 0 Å². The largest absolute Gasteiger partial charge is 0.240 e. The van der Waals surface area contributed by atoms with Crippen LogP contribution in [0.4, 0.5) is 0 Å². The number of allylic oxidation sites excluding steroid dienone is 1. The highest BCUT2D eigenvalue weighted by molar-refractivity contribution is 8.02. The molecule has 78 valence electrons. The van der Waals surface area contributed by atoms with E-state index in [1.165, 1.54) is 19.3 Å². The molecule has 0 aromatic carbocycles. The third-order valence-electron chi connectivity index (χ3n) is 1.63. The van der Waals surface area contributed by atoms with Crippen LogP contribution in [0.25, 0.3) is 0 Å². The van der Waals surface area contributed by atoms with E-state index in [1.807, 2.05) is 5.41 Å². The first-order valence-electron chi connectivity index (χ1n) is 4.84. The Morgan fingerprint density at radius 2 is 2.36 bits per heavy atom. The molecular weight excluding hydrogens is 194 g/mol. The average molecular weight is 211 g/mol. The van der Waals surface area contributed by atoms with E-state index in [9.17, 15) is 4.79 Å². The maximum absolute atomic E-state index is 10.0. The molecule has 0 N–H and O–H groups in total. The van der Waals surface area contributed by atoms with Crippen LogP contribution in [0.5, 0.6) is 0 Å². The van der Waals surface area contributed by atoms with Crippen LogP contribution in [0.3, 0.4) is 0 Å². The summed E-state index contributed by atoms with van der Waals surface area (Å²) in [7, 11) is 0. The first-order valence-corrected chi connectivity index (χ1v) is 5.89. The van der Waals surface area contributed by atoms with Crippen LogP contribution in [0.2, 0.25) is 0 Å². The third kappa shape index (κ3) is 7.84. The molecule has 0 amide bonds. The van der Waals surface area contributed by atoms with Crippen molar-refractivity contribution in [3.05, 3.63) is 23.8 Å². The van der Waals surface area contributed by atoms with Gasteiger partial charge in [-0.3, -0.25) is 0 Å². The van der Waals surface area contributed by atoms with E-state index in [1.54, 1.807) is 23.9 Å². The Morgan fingerprint density at radius 3 is 2.93 bits per heavy atom. The zero-order valence-electron chi connectivity index (χ0n) is 8.66. The molecule has 0 aliphatic heterocycles. The minimum Gasteiger partial charge on any atom is -0.211 e. The molecule has 0 rings (SSSR count). The maximum Gasteiger partial charge on any atom is 0.240 e. The summed E-state index contributed by atoms with van der Waals surface area (Å²) in [5.41, 5.74) is 0.747. The van der Waals surface area contributed by atoms with E-state index in [0.29, 0.717) is 6.42 Å². The molecule has 0 aromatic rings. The van der Waals surface area contributed by atoms with Gasteiger partial charge in [0.2, 0.25) is 6.08 Å². The van der Waals surface area contributed by atoms with E-state index >= 15 is 0 Å². The molecule has 0 saturated carbocycles. The normalized spacial score (nSPS) is 10.8. The minimum atomic E-state index is 0.635. The summed E-state index contributed by atoms with van der Waals surface area (Å²) < 4.78 is 0. The molecule has 0 saturated heterocycles. The number of hydrogen-bond acceptors (Lipinski definition) is 3. The van der Waals surface area contributed by atoms with Crippen LogP contribution in [-0.4, -0.2) is 11.8 Å². The zero-order chi connectivity index (χ0) is 10.6. The van der Waals surface area contributed by atoms with Gasteiger partial charge >= 0.3 is 0 Å². The summed E-state index contributed by atoms with van der Waals surface area (Å²) in [5.74, 6) is 1.09. The van der Waals surface area contributed by atoms with Crippen LogP contribution in [0.15, 0.2) is 28.8 Å². The first-order chi connectivity index (χ1) is 6.85. The molecule has 0 aliphatic rings. The molecule has 14 heavy (non-hydrogen) atoms. The second kappa shape index (κ2) is 10.3. The molecule has 0 bridgehead atoms. The number of hydrogen-bond donors (Lipinski definition) is 0. The predicted molar refractivity (Wildman–Crippen MR) is 63.0 cm³/mol. The standard InChI is InChI=1S/C11H17NOS/c1-3-5-6-8-14-9-11(7-4-2)12-10-13/h4,9H,2-3,5-8H2,1H3/b11-9-. The van der Waals surface area contributed by atoms with Gasteiger partial charge in [-0.15, -0.1) is 18.3 Å². The number of thioether (sulfide) groups is 1. The molecular formula is C11H17NOS. The number of nitrogens with zero attached hydrogens (tertiary/aromatic N) is 1. The molecule has 2 nitrogen and oxygen atoms in total. The highest BCUT2D eigenvalue weighted by atomic mass is 32.2. The van der Waals surface area contributed by atoms with Crippen molar-refractivity contribution in [2.24, 2.45) is 4.99 Å². The van der Waals surface area contributed by atoms with Gasteiger partial charge in [-0.2, -0.15) is 4.99 Å². The Morgan fingerprint density at radius 1 is 1.57 bits per heavy atom. The highest BCUT2D eigenvalue weighted by Gasteiger charge is 1.91. The fraction of sp³-hybridized carbons (Fsp3) is 0.545. The summed E-state index contributed by atoms with van der Waals surface area (Å²) in [6, 6.07) is 0. The minimum absolute atomic E-state index is 0.635. The monoisotopic (exact) mass is 211 g/mol. The van der Waals surface area contributed by atoms with Crippen molar-refractivity contribution >= 4 is 17.8 Å². The molecule has 0 atom stereocenters. The van der Waals surface area contributed by atoms with Gasteiger partial charge in [0, 0.05) is 6.42 Å². The SMILES string of the molecule is C=CC/C(=C/SCCCCC)N=C=O. The van der Waals surface area contributed by atoms with E-state index in [2.05, 4.69) is 18.5 Å². The molecule has 0 radical (unpaired) electrons. The molecule has 0 aromatic heterocycles. The molecule has 0 heterocycles. The lowest BCUT2D eigenvalue weighted by molar-refractivity contribution is 0.564. The Kier molecular flexibility index (Phi) is 9.71. The third-order valence-corrected chi connectivity index (χ3v) is 2.59. The fourth-order valence-corrected chi connectivity index (χ4v) is 1.75. The van der Waals surface area contributed by atoms with Gasteiger partial charge in [0.15, 0.2) is 0 Å². The number of unbranched alkanes of at least 4 members (excludes halogenated alkanes) is 2.